The van der Waals surface area contributed by atoms with Crippen molar-refractivity contribution >= 4 is 0 Å². The van der Waals surface area contributed by atoms with E-state index in [1.54, 1.807) is 0 Å². The van der Waals surface area contributed by atoms with Gasteiger partial charge in [-0.05, 0) is 30.6 Å². The fraction of sp³-hybridized carbons (Fsp3) is 1.00. The van der Waals surface area contributed by atoms with Crippen molar-refractivity contribution in [2.75, 3.05) is 0 Å². The van der Waals surface area contributed by atoms with Gasteiger partial charge in [-0.15, -0.1) is 0 Å². The first-order valence-corrected chi connectivity index (χ1v) is 3.41. The maximum atomic E-state index is 9.20. The first-order valence-electron chi connectivity index (χ1n) is 3.41. The highest BCUT2D eigenvalue weighted by atomic mass is 16.3. The Hall–Kier alpha value is -0.0400. The van der Waals surface area contributed by atoms with Crippen molar-refractivity contribution in [3.05, 3.63) is 0 Å². The number of hydrogen-bond acceptors (Lipinski definition) is 1. The molecule has 2 rings (SSSR count). The monoisotopic (exact) mass is 112 g/mol. The summed E-state index contributed by atoms with van der Waals surface area (Å²) in [6.07, 6.45) is 3.75. The van der Waals surface area contributed by atoms with Gasteiger partial charge in [0.05, 0.1) is 6.10 Å². The Kier molecular flexibility index (Phi) is 0.663. The van der Waals surface area contributed by atoms with Crippen LogP contribution >= 0.6 is 0 Å². The van der Waals surface area contributed by atoms with E-state index in [1.165, 1.54) is 12.8 Å². The van der Waals surface area contributed by atoms with Gasteiger partial charge >= 0.3 is 0 Å². The molecule has 3 atom stereocenters. The molecular weight excluding hydrogens is 100 g/mol. The average molecular weight is 112 g/mol. The molecule has 2 aliphatic carbocycles. The van der Waals surface area contributed by atoms with Crippen LogP contribution in [0, 0.1) is 11.3 Å². The minimum absolute atomic E-state index is 0.0428. The molecule has 0 aromatic rings. The molecule has 2 saturated carbocycles. The molecule has 0 radical (unpaired) electrons. The third kappa shape index (κ3) is 0.304. The maximum Gasteiger partial charge on any atom is 0.0599 e. The lowest BCUT2D eigenvalue weighted by atomic mass is 9.47. The second-order valence-electron chi connectivity index (χ2n) is 3.49. The summed E-state index contributed by atoms with van der Waals surface area (Å²) < 4.78 is 0. The molecule has 2 fully saturated rings. The van der Waals surface area contributed by atoms with Gasteiger partial charge in [-0.25, -0.2) is 0 Å². The Morgan fingerprint density at radius 2 is 2.38 bits per heavy atom. The van der Waals surface area contributed by atoms with Crippen LogP contribution in [-0.2, 0) is 0 Å². The van der Waals surface area contributed by atoms with Crippen LogP contribution in [0.1, 0.15) is 26.2 Å². The largest absolute Gasteiger partial charge is 0.393 e. The molecule has 1 N–H and O–H groups in total. The number of rotatable bonds is 0. The van der Waals surface area contributed by atoms with Crippen molar-refractivity contribution in [2.45, 2.75) is 32.3 Å². The molecule has 0 heterocycles. The summed E-state index contributed by atoms with van der Waals surface area (Å²) in [6.45, 7) is 2.20. The molecular formula is C7H12O. The van der Waals surface area contributed by atoms with Crippen molar-refractivity contribution in [1.82, 2.24) is 0 Å². The minimum Gasteiger partial charge on any atom is -0.393 e. The Balaban J connectivity index is 2.12. The van der Waals surface area contributed by atoms with Gasteiger partial charge in [0.1, 0.15) is 0 Å². The fourth-order valence-corrected chi connectivity index (χ4v) is 2.01. The van der Waals surface area contributed by atoms with Crippen LogP contribution in [0.2, 0.25) is 0 Å². The molecule has 8 heavy (non-hydrogen) atoms. The van der Waals surface area contributed by atoms with E-state index in [2.05, 4.69) is 6.92 Å². The lowest BCUT2D eigenvalue weighted by Crippen LogP contribution is -2.57. The second-order valence-corrected chi connectivity index (χ2v) is 3.49. The molecule has 1 unspecified atom stereocenters. The average Bonchev–Trinajstić information content (AvgIpc) is 1.79. The van der Waals surface area contributed by atoms with Crippen LogP contribution in [0.25, 0.3) is 0 Å². The van der Waals surface area contributed by atoms with Crippen LogP contribution in [-0.4, -0.2) is 11.2 Å². The number of aliphatic hydroxyl groups is 1. The van der Waals surface area contributed by atoms with Crippen molar-refractivity contribution in [3.8, 4) is 0 Å². The van der Waals surface area contributed by atoms with E-state index in [1.807, 2.05) is 0 Å². The molecule has 0 amide bonds. The van der Waals surface area contributed by atoms with Gasteiger partial charge < -0.3 is 5.11 Å². The molecule has 0 spiro atoms. The summed E-state index contributed by atoms with van der Waals surface area (Å²) in [7, 11) is 0. The van der Waals surface area contributed by atoms with Gasteiger partial charge in [0, 0.05) is 0 Å². The van der Waals surface area contributed by atoms with Gasteiger partial charge in [-0.1, -0.05) is 6.92 Å². The SMILES string of the molecule is CC12CC[C@@H]1C[C@@H]2O. The predicted octanol–water partition coefficient (Wildman–Crippen LogP) is 1.17. The maximum absolute atomic E-state index is 9.20. The van der Waals surface area contributed by atoms with Crippen molar-refractivity contribution < 1.29 is 5.11 Å². The first kappa shape index (κ1) is 4.80. The van der Waals surface area contributed by atoms with E-state index in [0.29, 0.717) is 5.41 Å². The lowest BCUT2D eigenvalue weighted by molar-refractivity contribution is -0.176. The number of aliphatic hydroxyl groups excluding tert-OH is 1. The zero-order chi connectivity index (χ0) is 5.78. The van der Waals surface area contributed by atoms with Crippen molar-refractivity contribution in [2.24, 2.45) is 11.3 Å². The van der Waals surface area contributed by atoms with Crippen molar-refractivity contribution in [3.63, 3.8) is 0 Å². The van der Waals surface area contributed by atoms with E-state index < -0.39 is 0 Å². The third-order valence-electron chi connectivity index (χ3n) is 3.23. The van der Waals surface area contributed by atoms with Crippen molar-refractivity contribution in [1.29, 1.82) is 0 Å². The molecule has 2 aliphatic rings. The van der Waals surface area contributed by atoms with Crippen LogP contribution in [0.3, 0.4) is 0 Å². The van der Waals surface area contributed by atoms with Gasteiger partial charge in [-0.3, -0.25) is 0 Å². The molecule has 0 aromatic carbocycles. The Labute approximate surface area is 49.7 Å². The summed E-state index contributed by atoms with van der Waals surface area (Å²) in [5.74, 6) is 0.887. The van der Waals surface area contributed by atoms with Crippen LogP contribution in [0.5, 0.6) is 0 Å². The van der Waals surface area contributed by atoms with E-state index in [0.717, 1.165) is 12.3 Å². The smallest absolute Gasteiger partial charge is 0.0599 e. The van der Waals surface area contributed by atoms with Gasteiger partial charge in [0.2, 0.25) is 0 Å². The fourth-order valence-electron chi connectivity index (χ4n) is 2.01. The summed E-state index contributed by atoms with van der Waals surface area (Å²) in [5.41, 5.74) is 0.375. The molecule has 1 heteroatoms. The summed E-state index contributed by atoms with van der Waals surface area (Å²) >= 11 is 0. The molecule has 0 bridgehead atoms. The molecule has 0 saturated heterocycles. The first-order chi connectivity index (χ1) is 3.73. The Morgan fingerprint density at radius 1 is 1.62 bits per heavy atom. The number of fused-ring (bicyclic) bond motifs is 1. The predicted molar refractivity (Wildman–Crippen MR) is 31.5 cm³/mol. The minimum atomic E-state index is 0.0428. The molecule has 46 valence electrons. The van der Waals surface area contributed by atoms with Crippen LogP contribution in [0.4, 0.5) is 0 Å². The Bertz CT molecular complexity index is 116. The molecule has 1 nitrogen and oxygen atoms in total. The highest BCUT2D eigenvalue weighted by molar-refractivity contribution is 5.06. The standard InChI is InChI=1S/C7H12O/c1-7-3-2-5(7)4-6(7)8/h5-6,8H,2-4H2,1H3/t5-,6+,7?/m1/s1. The second kappa shape index (κ2) is 1.10. The van der Waals surface area contributed by atoms with Gasteiger partial charge in [0.15, 0.2) is 0 Å². The van der Waals surface area contributed by atoms with Crippen LogP contribution < -0.4 is 0 Å². The van der Waals surface area contributed by atoms with E-state index in [-0.39, 0.29) is 6.10 Å². The topological polar surface area (TPSA) is 20.2 Å². The van der Waals surface area contributed by atoms with Gasteiger partial charge in [-0.2, -0.15) is 0 Å². The van der Waals surface area contributed by atoms with Gasteiger partial charge in [0.25, 0.3) is 0 Å². The highest BCUT2D eigenvalue weighted by Gasteiger charge is 2.56. The number of hydrogen-bond donors (Lipinski definition) is 1. The summed E-state index contributed by atoms with van der Waals surface area (Å²) in [6, 6.07) is 0. The zero-order valence-electron chi connectivity index (χ0n) is 5.22. The molecule has 0 aliphatic heterocycles. The highest BCUT2D eigenvalue weighted by Crippen LogP contribution is 2.60. The quantitative estimate of drug-likeness (QED) is 0.498. The normalized spacial score (nSPS) is 60.8. The van der Waals surface area contributed by atoms with Crippen LogP contribution in [0.15, 0.2) is 0 Å². The third-order valence-corrected chi connectivity index (χ3v) is 3.23. The van der Waals surface area contributed by atoms with E-state index in [9.17, 15) is 5.11 Å². The van der Waals surface area contributed by atoms with E-state index >= 15 is 0 Å². The molecule has 0 aromatic heterocycles. The summed E-state index contributed by atoms with van der Waals surface area (Å²) in [5, 5.41) is 9.20. The zero-order valence-corrected chi connectivity index (χ0v) is 5.22. The van der Waals surface area contributed by atoms with E-state index in [4.69, 9.17) is 0 Å². The Morgan fingerprint density at radius 3 is 2.38 bits per heavy atom. The summed E-state index contributed by atoms with van der Waals surface area (Å²) in [4.78, 5) is 0. The lowest BCUT2D eigenvalue weighted by Gasteiger charge is -2.60.